The van der Waals surface area contributed by atoms with E-state index in [0.29, 0.717) is 18.6 Å². The number of amides is 1. The van der Waals surface area contributed by atoms with Crippen LogP contribution in [0.1, 0.15) is 22.3 Å². The van der Waals surface area contributed by atoms with Crippen LogP contribution in [0, 0.1) is 6.92 Å². The number of carbonyl (C=O) groups is 2. The van der Waals surface area contributed by atoms with Gasteiger partial charge in [0.1, 0.15) is 6.04 Å². The van der Waals surface area contributed by atoms with Gasteiger partial charge in [0, 0.05) is 16.5 Å². The van der Waals surface area contributed by atoms with Gasteiger partial charge in [-0.05, 0) is 30.7 Å². The Bertz CT molecular complexity index is 473. The van der Waals surface area contributed by atoms with Crippen LogP contribution in [0.3, 0.4) is 0 Å². The second kappa shape index (κ2) is 4.87. The van der Waals surface area contributed by atoms with E-state index in [2.05, 4.69) is 21.2 Å². The molecule has 17 heavy (non-hydrogen) atoms. The SMILES string of the molecule is Cc1cc(C(=O)N[C@H]2CCOC2=O)ccc1Br. The molecule has 90 valence electrons. The number of rotatable bonds is 2. The lowest BCUT2D eigenvalue weighted by Gasteiger charge is -2.09. The Balaban J connectivity index is 2.09. The average molecular weight is 298 g/mol. The standard InChI is InChI=1S/C12H12BrNO3/c1-7-6-8(2-3-9(7)13)11(15)14-10-4-5-17-12(10)16/h2-3,6,10H,4-5H2,1H3,(H,14,15)/t10-/m0/s1. The Morgan fingerprint density at radius 3 is 2.88 bits per heavy atom. The molecule has 1 aliphatic rings. The maximum absolute atomic E-state index is 11.9. The summed E-state index contributed by atoms with van der Waals surface area (Å²) in [6.45, 7) is 2.29. The van der Waals surface area contributed by atoms with Crippen LogP contribution in [-0.4, -0.2) is 24.5 Å². The molecule has 0 radical (unpaired) electrons. The van der Waals surface area contributed by atoms with Crippen molar-refractivity contribution in [2.24, 2.45) is 0 Å². The first-order valence-electron chi connectivity index (χ1n) is 5.31. The number of benzene rings is 1. The van der Waals surface area contributed by atoms with Crippen molar-refractivity contribution in [3.63, 3.8) is 0 Å². The van der Waals surface area contributed by atoms with Crippen LogP contribution in [0.15, 0.2) is 22.7 Å². The fourth-order valence-electron chi connectivity index (χ4n) is 1.65. The van der Waals surface area contributed by atoms with Gasteiger partial charge in [-0.25, -0.2) is 4.79 Å². The van der Waals surface area contributed by atoms with Crippen molar-refractivity contribution in [3.05, 3.63) is 33.8 Å². The van der Waals surface area contributed by atoms with Gasteiger partial charge in [0.05, 0.1) is 6.61 Å². The van der Waals surface area contributed by atoms with E-state index >= 15 is 0 Å². The molecule has 1 amide bonds. The smallest absolute Gasteiger partial charge is 0.328 e. The quantitative estimate of drug-likeness (QED) is 0.847. The van der Waals surface area contributed by atoms with Crippen molar-refractivity contribution in [1.82, 2.24) is 5.32 Å². The first-order chi connectivity index (χ1) is 8.08. The van der Waals surface area contributed by atoms with Crippen LogP contribution < -0.4 is 5.32 Å². The third-order valence-corrected chi connectivity index (χ3v) is 3.55. The number of ether oxygens (including phenoxy) is 1. The first-order valence-corrected chi connectivity index (χ1v) is 6.11. The number of halogens is 1. The molecule has 0 bridgehead atoms. The normalized spacial score (nSPS) is 18.9. The van der Waals surface area contributed by atoms with Gasteiger partial charge in [-0.2, -0.15) is 0 Å². The van der Waals surface area contributed by atoms with E-state index in [1.54, 1.807) is 12.1 Å². The monoisotopic (exact) mass is 297 g/mol. The molecule has 1 aromatic carbocycles. The highest BCUT2D eigenvalue weighted by Gasteiger charge is 2.28. The summed E-state index contributed by atoms with van der Waals surface area (Å²) in [5.74, 6) is -0.600. The van der Waals surface area contributed by atoms with Crippen molar-refractivity contribution in [2.45, 2.75) is 19.4 Å². The first kappa shape index (κ1) is 12.1. The molecule has 1 heterocycles. The summed E-state index contributed by atoms with van der Waals surface area (Å²) in [6, 6.07) is 4.80. The molecule has 0 saturated carbocycles. The lowest BCUT2D eigenvalue weighted by molar-refractivity contribution is -0.139. The molecule has 1 atom stereocenters. The van der Waals surface area contributed by atoms with Crippen molar-refractivity contribution in [1.29, 1.82) is 0 Å². The van der Waals surface area contributed by atoms with Crippen LogP contribution in [0.4, 0.5) is 0 Å². The Morgan fingerprint density at radius 1 is 1.53 bits per heavy atom. The van der Waals surface area contributed by atoms with E-state index < -0.39 is 6.04 Å². The molecule has 1 N–H and O–H groups in total. The summed E-state index contributed by atoms with van der Waals surface area (Å²) in [6.07, 6.45) is 0.542. The maximum Gasteiger partial charge on any atom is 0.328 e. The highest BCUT2D eigenvalue weighted by molar-refractivity contribution is 9.10. The van der Waals surface area contributed by atoms with Crippen molar-refractivity contribution in [2.75, 3.05) is 6.61 Å². The van der Waals surface area contributed by atoms with Crippen LogP contribution in [-0.2, 0) is 9.53 Å². The van der Waals surface area contributed by atoms with Crippen molar-refractivity contribution in [3.8, 4) is 0 Å². The molecule has 5 heteroatoms. The lowest BCUT2D eigenvalue weighted by atomic mass is 10.1. The minimum Gasteiger partial charge on any atom is -0.464 e. The second-order valence-electron chi connectivity index (χ2n) is 3.95. The highest BCUT2D eigenvalue weighted by Crippen LogP contribution is 2.17. The number of cyclic esters (lactones) is 1. The number of hydrogen-bond donors (Lipinski definition) is 1. The van der Waals surface area contributed by atoms with E-state index in [-0.39, 0.29) is 11.9 Å². The summed E-state index contributed by atoms with van der Waals surface area (Å²) in [5, 5.41) is 2.66. The predicted molar refractivity (Wildman–Crippen MR) is 65.7 cm³/mol. The fraction of sp³-hybridized carbons (Fsp3) is 0.333. The molecule has 4 nitrogen and oxygen atoms in total. The molecular formula is C12H12BrNO3. The van der Waals surface area contributed by atoms with Gasteiger partial charge in [-0.3, -0.25) is 4.79 Å². The van der Waals surface area contributed by atoms with Crippen LogP contribution in [0.5, 0.6) is 0 Å². The van der Waals surface area contributed by atoms with Gasteiger partial charge in [0.25, 0.3) is 5.91 Å². The number of hydrogen-bond acceptors (Lipinski definition) is 3. The van der Waals surface area contributed by atoms with Gasteiger partial charge in [0.15, 0.2) is 0 Å². The van der Waals surface area contributed by atoms with Crippen LogP contribution in [0.25, 0.3) is 0 Å². The summed E-state index contributed by atoms with van der Waals surface area (Å²) in [4.78, 5) is 23.1. The largest absolute Gasteiger partial charge is 0.464 e. The van der Waals surface area contributed by atoms with E-state index in [1.165, 1.54) is 0 Å². The second-order valence-corrected chi connectivity index (χ2v) is 4.80. The predicted octanol–water partition coefficient (Wildman–Crippen LogP) is 1.80. The van der Waals surface area contributed by atoms with Gasteiger partial charge in [-0.15, -0.1) is 0 Å². The Labute approximate surface area is 107 Å². The third-order valence-electron chi connectivity index (χ3n) is 2.66. The minimum atomic E-state index is -0.508. The van der Waals surface area contributed by atoms with E-state index in [4.69, 9.17) is 4.74 Å². The van der Waals surface area contributed by atoms with E-state index in [9.17, 15) is 9.59 Å². The third kappa shape index (κ3) is 2.66. The average Bonchev–Trinajstić information content (AvgIpc) is 2.68. The molecular weight excluding hydrogens is 286 g/mol. The maximum atomic E-state index is 11.9. The van der Waals surface area contributed by atoms with Gasteiger partial charge in [-0.1, -0.05) is 15.9 Å². The molecule has 0 unspecified atom stereocenters. The van der Waals surface area contributed by atoms with Crippen molar-refractivity contribution >= 4 is 27.8 Å². The zero-order valence-electron chi connectivity index (χ0n) is 9.33. The zero-order valence-corrected chi connectivity index (χ0v) is 10.9. The van der Waals surface area contributed by atoms with Gasteiger partial charge in [0.2, 0.25) is 0 Å². The van der Waals surface area contributed by atoms with Crippen LogP contribution >= 0.6 is 15.9 Å². The van der Waals surface area contributed by atoms with E-state index in [1.807, 2.05) is 13.0 Å². The van der Waals surface area contributed by atoms with E-state index in [0.717, 1.165) is 10.0 Å². The Kier molecular flexibility index (Phi) is 3.47. The molecule has 1 fully saturated rings. The molecule has 0 aliphatic carbocycles. The molecule has 0 aromatic heterocycles. The molecule has 1 aliphatic heterocycles. The lowest BCUT2D eigenvalue weighted by Crippen LogP contribution is -2.37. The molecule has 1 aromatic rings. The van der Waals surface area contributed by atoms with Gasteiger partial charge >= 0.3 is 5.97 Å². The number of aryl methyl sites for hydroxylation is 1. The van der Waals surface area contributed by atoms with Crippen molar-refractivity contribution < 1.29 is 14.3 Å². The Hall–Kier alpha value is -1.36. The molecule has 0 spiro atoms. The van der Waals surface area contributed by atoms with Crippen LogP contribution in [0.2, 0.25) is 0 Å². The number of esters is 1. The number of carbonyl (C=O) groups excluding carboxylic acids is 2. The van der Waals surface area contributed by atoms with Gasteiger partial charge < -0.3 is 10.1 Å². The molecule has 1 saturated heterocycles. The summed E-state index contributed by atoms with van der Waals surface area (Å²) >= 11 is 3.37. The number of nitrogens with one attached hydrogen (secondary N) is 1. The Morgan fingerprint density at radius 2 is 2.29 bits per heavy atom. The topological polar surface area (TPSA) is 55.4 Å². The highest BCUT2D eigenvalue weighted by atomic mass is 79.9. The summed E-state index contributed by atoms with van der Waals surface area (Å²) in [7, 11) is 0. The zero-order chi connectivity index (χ0) is 12.4. The minimum absolute atomic E-state index is 0.246. The summed E-state index contributed by atoms with van der Waals surface area (Å²) in [5.41, 5.74) is 1.53. The fourth-order valence-corrected chi connectivity index (χ4v) is 1.90. The molecule has 2 rings (SSSR count). The summed E-state index contributed by atoms with van der Waals surface area (Å²) < 4.78 is 5.74.